The molecule has 0 spiro atoms. The van der Waals surface area contributed by atoms with Gasteiger partial charge in [0.25, 0.3) is 5.91 Å². The van der Waals surface area contributed by atoms with Gasteiger partial charge in [-0.05, 0) is 32.9 Å². The lowest BCUT2D eigenvalue weighted by molar-refractivity contribution is 0.0730. The maximum absolute atomic E-state index is 12.8. The van der Waals surface area contributed by atoms with Gasteiger partial charge in [-0.3, -0.25) is 4.79 Å². The van der Waals surface area contributed by atoms with Crippen LogP contribution in [-0.2, 0) is 14.8 Å². The van der Waals surface area contributed by atoms with E-state index in [1.807, 2.05) is 20.8 Å². The molecule has 1 N–H and O–H groups in total. The van der Waals surface area contributed by atoms with Crippen LogP contribution in [0.4, 0.5) is 0 Å². The van der Waals surface area contributed by atoms with E-state index in [2.05, 4.69) is 5.32 Å². The Labute approximate surface area is 152 Å². The summed E-state index contributed by atoms with van der Waals surface area (Å²) in [7, 11) is -3.83. The smallest absolute Gasteiger partial charge is 0.253 e. The molecular weight excluding hydrogens is 375 g/mol. The van der Waals surface area contributed by atoms with E-state index in [0.29, 0.717) is 13.2 Å². The highest BCUT2D eigenvalue weighted by molar-refractivity contribution is 7.89. The van der Waals surface area contributed by atoms with Crippen molar-refractivity contribution in [2.75, 3.05) is 26.3 Å². The van der Waals surface area contributed by atoms with Crippen LogP contribution in [0, 0.1) is 0 Å². The average molecular weight is 395 g/mol. The summed E-state index contributed by atoms with van der Waals surface area (Å²) in [5.74, 6) is -0.456. The molecule has 0 atom stereocenters. The van der Waals surface area contributed by atoms with Crippen molar-refractivity contribution < 1.29 is 17.9 Å². The molecule has 1 amide bonds. The van der Waals surface area contributed by atoms with Gasteiger partial charge >= 0.3 is 0 Å². The molecule has 1 fully saturated rings. The number of nitrogens with one attached hydrogen (secondary N) is 1. The fourth-order valence-electron chi connectivity index (χ4n) is 2.23. The second kappa shape index (κ2) is 7.17. The van der Waals surface area contributed by atoms with Crippen molar-refractivity contribution in [1.82, 2.24) is 9.62 Å². The first-order chi connectivity index (χ1) is 11.0. The Morgan fingerprint density at radius 2 is 1.75 bits per heavy atom. The van der Waals surface area contributed by atoms with Gasteiger partial charge in [0, 0.05) is 18.6 Å². The van der Waals surface area contributed by atoms with Crippen molar-refractivity contribution in [3.8, 4) is 0 Å². The minimum Gasteiger partial charge on any atom is -0.379 e. The van der Waals surface area contributed by atoms with Crippen molar-refractivity contribution in [1.29, 1.82) is 0 Å². The summed E-state index contributed by atoms with van der Waals surface area (Å²) in [6.07, 6.45) is 0. The topological polar surface area (TPSA) is 75.7 Å². The van der Waals surface area contributed by atoms with E-state index < -0.39 is 21.5 Å². The lowest BCUT2D eigenvalue weighted by Crippen LogP contribution is -2.41. The number of nitrogens with zero attached hydrogens (tertiary/aromatic N) is 1. The summed E-state index contributed by atoms with van der Waals surface area (Å²) in [4.78, 5) is 12.3. The van der Waals surface area contributed by atoms with Gasteiger partial charge in [-0.2, -0.15) is 4.31 Å². The van der Waals surface area contributed by atoms with E-state index in [-0.39, 0.29) is 33.6 Å². The van der Waals surface area contributed by atoms with Crippen LogP contribution >= 0.6 is 23.2 Å². The molecular formula is C15H20Cl2N2O4S. The van der Waals surface area contributed by atoms with Crippen molar-refractivity contribution >= 4 is 39.1 Å². The van der Waals surface area contributed by atoms with Gasteiger partial charge in [-0.15, -0.1) is 0 Å². The Morgan fingerprint density at radius 1 is 1.17 bits per heavy atom. The Morgan fingerprint density at radius 3 is 2.29 bits per heavy atom. The van der Waals surface area contributed by atoms with Gasteiger partial charge in [0.1, 0.15) is 4.90 Å². The monoisotopic (exact) mass is 394 g/mol. The SMILES string of the molecule is CC(C)(C)NC(=O)c1cc(S(=O)(=O)N2CCOCC2)c(Cl)cc1Cl. The standard InChI is InChI=1S/C15H20Cl2N2O4S/c1-15(2,3)18-14(20)10-8-13(12(17)9-11(10)16)24(21,22)19-4-6-23-7-5-19/h8-9H,4-7H2,1-3H3,(H,18,20). The molecule has 0 aliphatic carbocycles. The van der Waals surface area contributed by atoms with Crippen molar-refractivity contribution in [3.05, 3.63) is 27.7 Å². The zero-order valence-electron chi connectivity index (χ0n) is 13.7. The first-order valence-electron chi connectivity index (χ1n) is 7.42. The third kappa shape index (κ3) is 4.40. The van der Waals surface area contributed by atoms with Gasteiger partial charge in [0.15, 0.2) is 0 Å². The van der Waals surface area contributed by atoms with Gasteiger partial charge in [-0.1, -0.05) is 23.2 Å². The summed E-state index contributed by atoms with van der Waals surface area (Å²) >= 11 is 12.2. The molecule has 1 saturated heterocycles. The first kappa shape index (κ1) is 19.5. The van der Waals surface area contributed by atoms with Crippen LogP contribution in [0.1, 0.15) is 31.1 Å². The molecule has 134 valence electrons. The molecule has 9 heteroatoms. The molecule has 24 heavy (non-hydrogen) atoms. The molecule has 1 aliphatic rings. The third-order valence-electron chi connectivity index (χ3n) is 3.34. The van der Waals surface area contributed by atoms with E-state index in [4.69, 9.17) is 27.9 Å². The number of morpholine rings is 1. The molecule has 0 saturated carbocycles. The molecule has 1 aromatic rings. The zero-order chi connectivity index (χ0) is 18.1. The molecule has 1 aliphatic heterocycles. The third-order valence-corrected chi connectivity index (χ3v) is 6.02. The lowest BCUT2D eigenvalue weighted by atomic mass is 10.1. The number of ether oxygens (including phenoxy) is 1. The molecule has 0 aromatic heterocycles. The van der Waals surface area contributed by atoms with Crippen LogP contribution in [0.15, 0.2) is 17.0 Å². The predicted octanol–water partition coefficient (Wildman–Crippen LogP) is 2.54. The number of sulfonamides is 1. The Bertz CT molecular complexity index is 739. The minimum atomic E-state index is -3.83. The highest BCUT2D eigenvalue weighted by Crippen LogP contribution is 2.31. The Kier molecular flexibility index (Phi) is 5.82. The van der Waals surface area contributed by atoms with E-state index >= 15 is 0 Å². The largest absolute Gasteiger partial charge is 0.379 e. The molecule has 0 bridgehead atoms. The van der Waals surface area contributed by atoms with E-state index in [1.165, 1.54) is 16.4 Å². The second-order valence-electron chi connectivity index (χ2n) is 6.48. The predicted molar refractivity (Wildman–Crippen MR) is 93.3 cm³/mol. The van der Waals surface area contributed by atoms with Gasteiger partial charge in [0.2, 0.25) is 10.0 Å². The number of hydrogen-bond donors (Lipinski definition) is 1. The molecule has 0 unspecified atom stereocenters. The summed E-state index contributed by atoms with van der Waals surface area (Å²) in [6, 6.07) is 2.52. The van der Waals surface area contributed by atoms with Crippen molar-refractivity contribution in [3.63, 3.8) is 0 Å². The van der Waals surface area contributed by atoms with Gasteiger partial charge in [-0.25, -0.2) is 8.42 Å². The first-order valence-corrected chi connectivity index (χ1v) is 9.61. The van der Waals surface area contributed by atoms with Crippen LogP contribution in [0.2, 0.25) is 10.0 Å². The maximum atomic E-state index is 12.8. The van der Waals surface area contributed by atoms with Crippen LogP contribution < -0.4 is 5.32 Å². The molecule has 0 radical (unpaired) electrons. The van der Waals surface area contributed by atoms with Crippen LogP contribution in [0.3, 0.4) is 0 Å². The minimum absolute atomic E-state index is 0.0150. The van der Waals surface area contributed by atoms with Crippen LogP contribution in [-0.4, -0.2) is 50.5 Å². The van der Waals surface area contributed by atoms with Gasteiger partial charge in [0.05, 0.1) is 28.8 Å². The fraction of sp³-hybridized carbons (Fsp3) is 0.533. The van der Waals surface area contributed by atoms with Crippen LogP contribution in [0.25, 0.3) is 0 Å². The highest BCUT2D eigenvalue weighted by atomic mass is 35.5. The summed E-state index contributed by atoms with van der Waals surface area (Å²) < 4.78 is 32.0. The van der Waals surface area contributed by atoms with Crippen molar-refractivity contribution in [2.24, 2.45) is 0 Å². The number of benzene rings is 1. The second-order valence-corrected chi connectivity index (χ2v) is 9.20. The number of halogens is 2. The quantitative estimate of drug-likeness (QED) is 0.854. The molecule has 1 aromatic carbocycles. The number of amides is 1. The summed E-state index contributed by atoms with van der Waals surface area (Å²) in [5, 5.41) is 2.84. The highest BCUT2D eigenvalue weighted by Gasteiger charge is 2.30. The van der Waals surface area contributed by atoms with Crippen LogP contribution in [0.5, 0.6) is 0 Å². The number of hydrogen-bond acceptors (Lipinski definition) is 4. The molecule has 6 nitrogen and oxygen atoms in total. The normalized spacial score (nSPS) is 16.9. The van der Waals surface area contributed by atoms with E-state index in [1.54, 1.807) is 0 Å². The zero-order valence-corrected chi connectivity index (χ0v) is 16.1. The fourth-order valence-corrected chi connectivity index (χ4v) is 4.48. The van der Waals surface area contributed by atoms with Gasteiger partial charge < -0.3 is 10.1 Å². The number of carbonyl (C=O) groups excluding carboxylic acids is 1. The molecule has 2 rings (SSSR count). The number of carbonyl (C=O) groups is 1. The van der Waals surface area contributed by atoms with Crippen molar-refractivity contribution in [2.45, 2.75) is 31.2 Å². The van der Waals surface area contributed by atoms with E-state index in [9.17, 15) is 13.2 Å². The summed E-state index contributed by atoms with van der Waals surface area (Å²) in [6.45, 7) is 6.58. The Balaban J connectivity index is 2.44. The summed E-state index contributed by atoms with van der Waals surface area (Å²) in [5.41, 5.74) is -0.411. The average Bonchev–Trinajstić information content (AvgIpc) is 2.46. The number of rotatable bonds is 3. The maximum Gasteiger partial charge on any atom is 0.253 e. The molecule has 1 heterocycles. The van der Waals surface area contributed by atoms with E-state index in [0.717, 1.165) is 0 Å². The lowest BCUT2D eigenvalue weighted by Gasteiger charge is -2.27. The Hall–Kier alpha value is -0.860.